The van der Waals surface area contributed by atoms with Crippen LogP contribution in [0.3, 0.4) is 0 Å². The summed E-state index contributed by atoms with van der Waals surface area (Å²) in [5.74, 6) is 0.913. The van der Waals surface area contributed by atoms with E-state index >= 15 is 0 Å². The van der Waals surface area contributed by atoms with Crippen molar-refractivity contribution in [2.24, 2.45) is 5.92 Å². The molecule has 0 aromatic rings. The van der Waals surface area contributed by atoms with Crippen LogP contribution in [-0.2, 0) is 0 Å². The van der Waals surface area contributed by atoms with Crippen molar-refractivity contribution >= 4 is 0 Å². The number of nitrogens with zero attached hydrogens (tertiary/aromatic N) is 1. The summed E-state index contributed by atoms with van der Waals surface area (Å²) in [6.45, 7) is 14.4. The van der Waals surface area contributed by atoms with Gasteiger partial charge >= 0.3 is 0 Å². The quantitative estimate of drug-likeness (QED) is 0.551. The maximum Gasteiger partial charge on any atom is 0.0202 e. The average molecular weight is 224 g/mol. The smallest absolute Gasteiger partial charge is 0.0202 e. The molecular weight excluding hydrogens is 196 g/mol. The molecule has 1 fully saturated rings. The van der Waals surface area contributed by atoms with Crippen molar-refractivity contribution in [3.05, 3.63) is 12.2 Å². The average Bonchev–Trinajstić information content (AvgIpc) is 2.44. The van der Waals surface area contributed by atoms with Gasteiger partial charge in [-0.25, -0.2) is 0 Å². The summed E-state index contributed by atoms with van der Waals surface area (Å²) >= 11 is 0. The van der Waals surface area contributed by atoms with Crippen LogP contribution in [0, 0.1) is 5.92 Å². The molecule has 1 aliphatic heterocycles. The fraction of sp³-hybridized carbons (Fsp3) is 0.857. The van der Waals surface area contributed by atoms with Crippen LogP contribution in [0.2, 0.25) is 0 Å². The minimum Gasteiger partial charge on any atom is -0.313 e. The van der Waals surface area contributed by atoms with Crippen molar-refractivity contribution in [3.8, 4) is 0 Å². The molecule has 1 aliphatic rings. The van der Waals surface area contributed by atoms with Gasteiger partial charge in [0, 0.05) is 13.1 Å². The SMILES string of the molecule is C=C(CNCCC)CN1CCCC(C)CC1. The molecule has 94 valence electrons. The molecule has 1 saturated heterocycles. The molecule has 0 aromatic carbocycles. The Hall–Kier alpha value is -0.340. The van der Waals surface area contributed by atoms with Crippen molar-refractivity contribution < 1.29 is 0 Å². The van der Waals surface area contributed by atoms with E-state index in [-0.39, 0.29) is 0 Å². The first-order valence-electron chi connectivity index (χ1n) is 6.82. The lowest BCUT2D eigenvalue weighted by molar-refractivity contribution is 0.303. The van der Waals surface area contributed by atoms with Gasteiger partial charge in [-0.1, -0.05) is 20.4 Å². The van der Waals surface area contributed by atoms with E-state index < -0.39 is 0 Å². The highest BCUT2D eigenvalue weighted by Gasteiger charge is 2.13. The van der Waals surface area contributed by atoms with Crippen molar-refractivity contribution in [2.45, 2.75) is 39.5 Å². The highest BCUT2D eigenvalue weighted by Crippen LogP contribution is 2.16. The molecule has 0 aliphatic carbocycles. The van der Waals surface area contributed by atoms with Crippen LogP contribution in [0.1, 0.15) is 39.5 Å². The lowest BCUT2D eigenvalue weighted by atomic mass is 10.0. The molecule has 0 spiro atoms. The van der Waals surface area contributed by atoms with Crippen LogP contribution >= 0.6 is 0 Å². The van der Waals surface area contributed by atoms with E-state index in [9.17, 15) is 0 Å². The van der Waals surface area contributed by atoms with Gasteiger partial charge in [-0.05, 0) is 56.8 Å². The van der Waals surface area contributed by atoms with Crippen molar-refractivity contribution in [1.29, 1.82) is 0 Å². The second-order valence-corrected chi connectivity index (χ2v) is 5.24. The van der Waals surface area contributed by atoms with Gasteiger partial charge in [-0.2, -0.15) is 0 Å². The third-order valence-corrected chi connectivity index (χ3v) is 3.36. The minimum absolute atomic E-state index is 0.913. The molecule has 1 heterocycles. The first kappa shape index (κ1) is 13.7. The lowest BCUT2D eigenvalue weighted by Gasteiger charge is -2.21. The van der Waals surface area contributed by atoms with E-state index in [0.717, 1.165) is 25.6 Å². The zero-order valence-electron chi connectivity index (χ0n) is 11.1. The number of rotatable bonds is 6. The van der Waals surface area contributed by atoms with Gasteiger partial charge in [0.25, 0.3) is 0 Å². The summed E-state index contributed by atoms with van der Waals surface area (Å²) in [4.78, 5) is 2.57. The molecule has 0 saturated carbocycles. The van der Waals surface area contributed by atoms with Gasteiger partial charge in [-0.15, -0.1) is 0 Å². The van der Waals surface area contributed by atoms with E-state index in [4.69, 9.17) is 0 Å². The molecule has 1 unspecified atom stereocenters. The molecule has 1 N–H and O–H groups in total. The molecule has 0 bridgehead atoms. The molecule has 0 aromatic heterocycles. The standard InChI is InChI=1S/C14H28N2/c1-4-8-15-11-14(3)12-16-9-5-6-13(2)7-10-16/h13,15H,3-12H2,1-2H3. The highest BCUT2D eigenvalue weighted by atomic mass is 15.1. The van der Waals surface area contributed by atoms with E-state index in [2.05, 4.69) is 30.6 Å². The monoisotopic (exact) mass is 224 g/mol. The zero-order valence-corrected chi connectivity index (χ0v) is 11.1. The summed E-state index contributed by atoms with van der Waals surface area (Å²) in [6, 6.07) is 0. The van der Waals surface area contributed by atoms with Crippen LogP contribution < -0.4 is 5.32 Å². The third kappa shape index (κ3) is 5.66. The van der Waals surface area contributed by atoms with Gasteiger partial charge in [0.2, 0.25) is 0 Å². The summed E-state index contributed by atoms with van der Waals surface area (Å²) in [6.07, 6.45) is 5.32. The van der Waals surface area contributed by atoms with Crippen molar-refractivity contribution in [1.82, 2.24) is 10.2 Å². The fourth-order valence-electron chi connectivity index (χ4n) is 2.29. The van der Waals surface area contributed by atoms with Crippen LogP contribution in [0.5, 0.6) is 0 Å². The van der Waals surface area contributed by atoms with Gasteiger partial charge < -0.3 is 5.32 Å². The molecular formula is C14H28N2. The first-order valence-corrected chi connectivity index (χ1v) is 6.82. The van der Waals surface area contributed by atoms with Crippen molar-refractivity contribution in [2.75, 3.05) is 32.7 Å². The van der Waals surface area contributed by atoms with E-state index in [1.807, 2.05) is 0 Å². The summed E-state index contributed by atoms with van der Waals surface area (Å²) in [5.41, 5.74) is 1.34. The van der Waals surface area contributed by atoms with Crippen LogP contribution in [0.4, 0.5) is 0 Å². The maximum atomic E-state index is 4.17. The third-order valence-electron chi connectivity index (χ3n) is 3.36. The van der Waals surface area contributed by atoms with Crippen LogP contribution in [0.15, 0.2) is 12.2 Å². The molecule has 2 heteroatoms. The predicted molar refractivity (Wildman–Crippen MR) is 71.8 cm³/mol. The number of likely N-dealkylation sites (tertiary alicyclic amines) is 1. The Morgan fingerprint density at radius 2 is 2.19 bits per heavy atom. The van der Waals surface area contributed by atoms with E-state index in [1.165, 1.54) is 44.3 Å². The Morgan fingerprint density at radius 3 is 2.94 bits per heavy atom. The lowest BCUT2D eigenvalue weighted by Crippen LogP contribution is -2.30. The van der Waals surface area contributed by atoms with Gasteiger partial charge in [-0.3, -0.25) is 4.90 Å². The molecule has 1 rings (SSSR count). The van der Waals surface area contributed by atoms with Crippen LogP contribution in [-0.4, -0.2) is 37.6 Å². The first-order chi connectivity index (χ1) is 7.72. The van der Waals surface area contributed by atoms with Crippen LogP contribution in [0.25, 0.3) is 0 Å². The minimum atomic E-state index is 0.913. The van der Waals surface area contributed by atoms with Crippen molar-refractivity contribution in [3.63, 3.8) is 0 Å². The number of nitrogens with one attached hydrogen (secondary N) is 1. The number of hydrogen-bond acceptors (Lipinski definition) is 2. The molecule has 2 nitrogen and oxygen atoms in total. The largest absolute Gasteiger partial charge is 0.313 e. The molecule has 0 amide bonds. The van der Waals surface area contributed by atoms with E-state index in [1.54, 1.807) is 0 Å². The van der Waals surface area contributed by atoms with Gasteiger partial charge in [0.1, 0.15) is 0 Å². The Bertz CT molecular complexity index is 201. The Kier molecular flexibility index (Phi) is 6.74. The Morgan fingerprint density at radius 1 is 1.38 bits per heavy atom. The maximum absolute atomic E-state index is 4.17. The van der Waals surface area contributed by atoms with E-state index in [0.29, 0.717) is 0 Å². The Balaban J connectivity index is 2.17. The fourth-order valence-corrected chi connectivity index (χ4v) is 2.29. The summed E-state index contributed by atoms with van der Waals surface area (Å²) < 4.78 is 0. The number of hydrogen-bond donors (Lipinski definition) is 1. The predicted octanol–water partition coefficient (Wildman–Crippen LogP) is 2.66. The van der Waals surface area contributed by atoms with Gasteiger partial charge in [0.15, 0.2) is 0 Å². The highest BCUT2D eigenvalue weighted by molar-refractivity contribution is 5.00. The summed E-state index contributed by atoms with van der Waals surface area (Å²) in [5, 5.41) is 3.42. The zero-order chi connectivity index (χ0) is 11.8. The second-order valence-electron chi connectivity index (χ2n) is 5.24. The van der Waals surface area contributed by atoms with Gasteiger partial charge in [0.05, 0.1) is 0 Å². The molecule has 16 heavy (non-hydrogen) atoms. The molecule has 1 atom stereocenters. The topological polar surface area (TPSA) is 15.3 Å². The Labute approximate surface area is 101 Å². The molecule has 0 radical (unpaired) electrons. The normalized spacial score (nSPS) is 23.0. The summed E-state index contributed by atoms with van der Waals surface area (Å²) in [7, 11) is 0. The second kappa shape index (κ2) is 7.86.